The summed E-state index contributed by atoms with van der Waals surface area (Å²) in [6.07, 6.45) is 0.271. The predicted octanol–water partition coefficient (Wildman–Crippen LogP) is 1.84. The third-order valence-electron chi connectivity index (χ3n) is 2.36. The number of thiazole rings is 1. The molecule has 0 bridgehead atoms. The van der Waals surface area contributed by atoms with Crippen LogP contribution in [0.3, 0.4) is 0 Å². The number of ketones is 1. The van der Waals surface area contributed by atoms with Gasteiger partial charge in [-0.25, -0.2) is 4.98 Å². The molecule has 4 nitrogen and oxygen atoms in total. The van der Waals surface area contributed by atoms with E-state index in [2.05, 4.69) is 4.98 Å². The van der Waals surface area contributed by atoms with Crippen molar-refractivity contribution >= 4 is 27.3 Å². The summed E-state index contributed by atoms with van der Waals surface area (Å²) < 4.78 is 5.93. The monoisotopic (exact) mass is 250 g/mol. The molecule has 0 aliphatic carbocycles. The first kappa shape index (κ1) is 12.2. The number of hydrogen-bond donors (Lipinski definition) is 1. The number of rotatable bonds is 5. The predicted molar refractivity (Wildman–Crippen MR) is 68.4 cm³/mol. The molecule has 0 saturated carbocycles. The maximum atomic E-state index is 11.9. The van der Waals surface area contributed by atoms with Gasteiger partial charge in [-0.3, -0.25) is 4.79 Å². The SMILES string of the molecule is COCC(N)CC(=O)c1nc2ccccc2s1. The highest BCUT2D eigenvalue weighted by atomic mass is 32.1. The van der Waals surface area contributed by atoms with Gasteiger partial charge in [0.15, 0.2) is 10.8 Å². The van der Waals surface area contributed by atoms with Crippen molar-refractivity contribution in [2.24, 2.45) is 5.73 Å². The fourth-order valence-corrected chi connectivity index (χ4v) is 2.50. The van der Waals surface area contributed by atoms with Crippen molar-refractivity contribution in [3.8, 4) is 0 Å². The van der Waals surface area contributed by atoms with Crippen LogP contribution in [0.5, 0.6) is 0 Å². The smallest absolute Gasteiger partial charge is 0.193 e. The van der Waals surface area contributed by atoms with Gasteiger partial charge in [0.2, 0.25) is 0 Å². The number of nitrogens with zero attached hydrogens (tertiary/aromatic N) is 1. The fraction of sp³-hybridized carbons (Fsp3) is 0.333. The molecule has 0 aliphatic rings. The van der Waals surface area contributed by atoms with Crippen LogP contribution in [0.2, 0.25) is 0 Å². The van der Waals surface area contributed by atoms with Gasteiger partial charge in [0.05, 0.1) is 16.8 Å². The number of methoxy groups -OCH3 is 1. The summed E-state index contributed by atoms with van der Waals surface area (Å²) >= 11 is 1.41. The van der Waals surface area contributed by atoms with Gasteiger partial charge in [0, 0.05) is 19.6 Å². The average Bonchev–Trinajstić information content (AvgIpc) is 2.72. The number of hydrogen-bond acceptors (Lipinski definition) is 5. The number of fused-ring (bicyclic) bond motifs is 1. The first-order chi connectivity index (χ1) is 8.20. The zero-order valence-corrected chi connectivity index (χ0v) is 10.4. The van der Waals surface area contributed by atoms with Crippen LogP contribution in [-0.2, 0) is 4.74 Å². The number of ether oxygens (including phenoxy) is 1. The average molecular weight is 250 g/mol. The quantitative estimate of drug-likeness (QED) is 0.822. The molecular formula is C12H14N2O2S. The molecule has 90 valence electrons. The number of Topliss-reactive ketones (excluding diaryl/α,β-unsaturated/α-hetero) is 1. The molecular weight excluding hydrogens is 236 g/mol. The molecule has 0 amide bonds. The minimum atomic E-state index is -0.264. The van der Waals surface area contributed by atoms with E-state index in [-0.39, 0.29) is 18.2 Å². The number of benzene rings is 1. The Bertz CT molecular complexity index is 491. The molecule has 0 radical (unpaired) electrons. The van der Waals surface area contributed by atoms with Crippen LogP contribution >= 0.6 is 11.3 Å². The molecule has 17 heavy (non-hydrogen) atoms. The Labute approximate surface area is 103 Å². The van der Waals surface area contributed by atoms with Crippen molar-refractivity contribution in [3.05, 3.63) is 29.3 Å². The van der Waals surface area contributed by atoms with E-state index >= 15 is 0 Å². The fourth-order valence-electron chi connectivity index (χ4n) is 1.59. The first-order valence-corrected chi connectivity index (χ1v) is 6.15. The van der Waals surface area contributed by atoms with Crippen molar-refractivity contribution in [1.29, 1.82) is 0 Å². The van der Waals surface area contributed by atoms with E-state index in [1.807, 2.05) is 24.3 Å². The van der Waals surface area contributed by atoms with Crippen molar-refractivity contribution in [2.45, 2.75) is 12.5 Å². The minimum Gasteiger partial charge on any atom is -0.383 e. The molecule has 2 N–H and O–H groups in total. The van der Waals surface area contributed by atoms with Crippen LogP contribution < -0.4 is 5.73 Å². The van der Waals surface area contributed by atoms with Crippen molar-refractivity contribution in [2.75, 3.05) is 13.7 Å². The minimum absolute atomic E-state index is 0.0178. The summed E-state index contributed by atoms with van der Waals surface area (Å²) in [4.78, 5) is 16.2. The third-order valence-corrected chi connectivity index (χ3v) is 3.44. The Hall–Kier alpha value is -1.30. The zero-order valence-electron chi connectivity index (χ0n) is 9.55. The highest BCUT2D eigenvalue weighted by Gasteiger charge is 2.15. The molecule has 0 aliphatic heterocycles. The van der Waals surface area contributed by atoms with Gasteiger partial charge in [0.1, 0.15) is 0 Å². The standard InChI is InChI=1S/C12H14N2O2S/c1-16-7-8(13)6-10(15)12-14-9-4-2-3-5-11(9)17-12/h2-5,8H,6-7,13H2,1H3. The largest absolute Gasteiger partial charge is 0.383 e. The van der Waals surface area contributed by atoms with Crippen molar-refractivity contribution in [3.63, 3.8) is 0 Å². The summed E-state index contributed by atoms with van der Waals surface area (Å²) in [6.45, 7) is 0.386. The molecule has 1 unspecified atom stereocenters. The Morgan fingerprint density at radius 3 is 3.00 bits per heavy atom. The first-order valence-electron chi connectivity index (χ1n) is 5.34. The lowest BCUT2D eigenvalue weighted by Gasteiger charge is -2.07. The normalized spacial score (nSPS) is 12.8. The Kier molecular flexibility index (Phi) is 3.83. The van der Waals surface area contributed by atoms with E-state index in [0.717, 1.165) is 10.2 Å². The van der Waals surface area contributed by atoms with E-state index in [1.54, 1.807) is 7.11 Å². The van der Waals surface area contributed by atoms with E-state index in [1.165, 1.54) is 11.3 Å². The highest BCUT2D eigenvalue weighted by Crippen LogP contribution is 2.22. The summed E-state index contributed by atoms with van der Waals surface area (Å²) in [6, 6.07) is 7.44. The molecule has 2 aromatic rings. The van der Waals surface area contributed by atoms with E-state index < -0.39 is 0 Å². The zero-order chi connectivity index (χ0) is 12.3. The molecule has 1 heterocycles. The summed E-state index contributed by atoms with van der Waals surface area (Å²) in [5, 5.41) is 0.526. The molecule has 1 aromatic carbocycles. The van der Waals surface area contributed by atoms with Crippen LogP contribution in [0.1, 0.15) is 16.2 Å². The Morgan fingerprint density at radius 2 is 2.29 bits per heavy atom. The third kappa shape index (κ3) is 2.88. The highest BCUT2D eigenvalue weighted by molar-refractivity contribution is 7.20. The van der Waals surface area contributed by atoms with E-state index in [0.29, 0.717) is 11.6 Å². The Balaban J connectivity index is 2.13. The molecule has 5 heteroatoms. The van der Waals surface area contributed by atoms with Crippen LogP contribution in [0.25, 0.3) is 10.2 Å². The Morgan fingerprint density at radius 1 is 1.53 bits per heavy atom. The summed E-state index contributed by atoms with van der Waals surface area (Å²) in [7, 11) is 1.57. The molecule has 0 saturated heterocycles. The van der Waals surface area contributed by atoms with Gasteiger partial charge < -0.3 is 10.5 Å². The summed E-state index contributed by atoms with van der Waals surface area (Å²) in [5.74, 6) is -0.0178. The van der Waals surface area contributed by atoms with E-state index in [4.69, 9.17) is 10.5 Å². The van der Waals surface area contributed by atoms with Gasteiger partial charge in [-0.15, -0.1) is 11.3 Å². The van der Waals surface area contributed by atoms with E-state index in [9.17, 15) is 4.79 Å². The maximum Gasteiger partial charge on any atom is 0.193 e. The van der Waals surface area contributed by atoms with Crippen LogP contribution in [0.4, 0.5) is 0 Å². The lowest BCUT2D eigenvalue weighted by atomic mass is 10.2. The van der Waals surface area contributed by atoms with Gasteiger partial charge in [-0.2, -0.15) is 0 Å². The second-order valence-electron chi connectivity index (χ2n) is 3.83. The molecule has 0 fully saturated rings. The second kappa shape index (κ2) is 5.35. The molecule has 1 atom stereocenters. The van der Waals surface area contributed by atoms with Gasteiger partial charge >= 0.3 is 0 Å². The topological polar surface area (TPSA) is 65.2 Å². The second-order valence-corrected chi connectivity index (χ2v) is 4.86. The summed E-state index contributed by atoms with van der Waals surface area (Å²) in [5.41, 5.74) is 6.61. The lowest BCUT2D eigenvalue weighted by Crippen LogP contribution is -2.28. The van der Waals surface area contributed by atoms with Crippen LogP contribution in [-0.4, -0.2) is 30.5 Å². The van der Waals surface area contributed by atoms with Crippen LogP contribution in [0, 0.1) is 0 Å². The molecule has 1 aromatic heterocycles. The van der Waals surface area contributed by atoms with Gasteiger partial charge in [-0.05, 0) is 12.1 Å². The number of carbonyl (C=O) groups excluding carboxylic acids is 1. The van der Waals surface area contributed by atoms with Crippen LogP contribution in [0.15, 0.2) is 24.3 Å². The lowest BCUT2D eigenvalue weighted by molar-refractivity contribution is 0.0949. The number of carbonyl (C=O) groups is 1. The van der Waals surface area contributed by atoms with Crippen molar-refractivity contribution < 1.29 is 9.53 Å². The molecule has 0 spiro atoms. The number of nitrogens with two attached hydrogens (primary N) is 1. The van der Waals surface area contributed by atoms with Gasteiger partial charge in [-0.1, -0.05) is 12.1 Å². The van der Waals surface area contributed by atoms with Crippen molar-refractivity contribution in [1.82, 2.24) is 4.98 Å². The molecule has 2 rings (SSSR count). The maximum absolute atomic E-state index is 11.9. The van der Waals surface area contributed by atoms with Gasteiger partial charge in [0.25, 0.3) is 0 Å². The number of aromatic nitrogens is 1. The number of para-hydroxylation sites is 1.